The lowest BCUT2D eigenvalue weighted by molar-refractivity contribution is 0.597. The second-order valence-corrected chi connectivity index (χ2v) is 5.86. The number of sulfone groups is 1. The Hall–Kier alpha value is -1.47. The fourth-order valence-corrected chi connectivity index (χ4v) is 1.92. The maximum Gasteiger partial charge on any atom is 0.151 e. The van der Waals surface area contributed by atoms with Crippen molar-refractivity contribution in [1.29, 1.82) is 0 Å². The quantitative estimate of drug-likeness (QED) is 0.790. The first kappa shape index (κ1) is 12.6. The lowest BCUT2D eigenvalue weighted by Crippen LogP contribution is -2.17. The molecule has 0 bridgehead atoms. The van der Waals surface area contributed by atoms with Crippen LogP contribution in [0.15, 0.2) is 24.3 Å². The summed E-state index contributed by atoms with van der Waals surface area (Å²) in [6.07, 6.45) is 5.26. The molecule has 3 nitrogen and oxygen atoms in total. The maximum absolute atomic E-state index is 11.2. The van der Waals surface area contributed by atoms with Crippen molar-refractivity contribution in [2.24, 2.45) is 0 Å². The van der Waals surface area contributed by atoms with Gasteiger partial charge in [0.1, 0.15) is 0 Å². The highest BCUT2D eigenvalue weighted by Gasteiger charge is 2.05. The van der Waals surface area contributed by atoms with Crippen LogP contribution in [0.4, 0.5) is 5.69 Å². The van der Waals surface area contributed by atoms with Gasteiger partial charge in [0, 0.05) is 23.5 Å². The fourth-order valence-electron chi connectivity index (χ4n) is 1.21. The molecule has 0 aliphatic carbocycles. The van der Waals surface area contributed by atoms with Crippen LogP contribution in [0, 0.1) is 12.3 Å². The van der Waals surface area contributed by atoms with Crippen molar-refractivity contribution in [3.63, 3.8) is 0 Å². The molecule has 0 radical (unpaired) electrons. The van der Waals surface area contributed by atoms with Crippen LogP contribution in [0.1, 0.15) is 12.5 Å². The van der Waals surface area contributed by atoms with Crippen molar-refractivity contribution in [2.45, 2.75) is 6.92 Å². The molecule has 0 heterocycles. The van der Waals surface area contributed by atoms with Gasteiger partial charge >= 0.3 is 0 Å². The van der Waals surface area contributed by atoms with Gasteiger partial charge in [-0.05, 0) is 18.2 Å². The second kappa shape index (κ2) is 5.57. The van der Waals surface area contributed by atoms with Crippen LogP contribution in [-0.2, 0) is 9.84 Å². The molecule has 0 saturated carbocycles. The molecule has 0 atom stereocenters. The van der Waals surface area contributed by atoms with Crippen LogP contribution in [-0.4, -0.2) is 26.5 Å². The number of anilines is 1. The SMILES string of the molecule is C#Cc1cccc(NCCS(=O)(=O)CC)c1. The van der Waals surface area contributed by atoms with Gasteiger partial charge < -0.3 is 5.32 Å². The zero-order valence-electron chi connectivity index (χ0n) is 9.23. The zero-order chi connectivity index (χ0) is 12.0. The van der Waals surface area contributed by atoms with E-state index in [1.54, 1.807) is 6.92 Å². The molecule has 0 aromatic heterocycles. The summed E-state index contributed by atoms with van der Waals surface area (Å²) in [5.41, 5.74) is 1.63. The van der Waals surface area contributed by atoms with E-state index in [0.29, 0.717) is 6.54 Å². The van der Waals surface area contributed by atoms with Gasteiger partial charge in [-0.2, -0.15) is 0 Å². The van der Waals surface area contributed by atoms with Gasteiger partial charge in [0.2, 0.25) is 0 Å². The van der Waals surface area contributed by atoms with Crippen LogP contribution in [0.2, 0.25) is 0 Å². The fraction of sp³-hybridized carbons (Fsp3) is 0.333. The standard InChI is InChI=1S/C12H15NO2S/c1-3-11-6-5-7-12(10-11)13-8-9-16(14,15)4-2/h1,5-7,10,13H,4,8-9H2,2H3. The predicted molar refractivity (Wildman–Crippen MR) is 67.2 cm³/mol. The molecule has 0 aliphatic heterocycles. The molecule has 0 unspecified atom stereocenters. The third-order valence-corrected chi connectivity index (χ3v) is 3.92. The van der Waals surface area contributed by atoms with E-state index < -0.39 is 9.84 Å². The smallest absolute Gasteiger partial charge is 0.151 e. The van der Waals surface area contributed by atoms with Crippen LogP contribution in [0.3, 0.4) is 0 Å². The topological polar surface area (TPSA) is 46.2 Å². The summed E-state index contributed by atoms with van der Waals surface area (Å²) >= 11 is 0. The van der Waals surface area contributed by atoms with Crippen LogP contribution in [0.5, 0.6) is 0 Å². The summed E-state index contributed by atoms with van der Waals surface area (Å²) in [6.45, 7) is 2.05. The molecule has 1 rings (SSSR count). The first-order valence-electron chi connectivity index (χ1n) is 5.08. The molecule has 16 heavy (non-hydrogen) atoms. The number of rotatable bonds is 5. The van der Waals surface area contributed by atoms with E-state index in [1.807, 2.05) is 24.3 Å². The Morgan fingerprint density at radius 3 is 2.81 bits per heavy atom. The van der Waals surface area contributed by atoms with Gasteiger partial charge in [-0.15, -0.1) is 6.42 Å². The molecule has 0 amide bonds. The molecule has 0 fully saturated rings. The second-order valence-electron chi connectivity index (χ2n) is 3.39. The van der Waals surface area contributed by atoms with E-state index in [0.717, 1.165) is 11.3 Å². The maximum atomic E-state index is 11.2. The molecular weight excluding hydrogens is 222 g/mol. The van der Waals surface area contributed by atoms with E-state index >= 15 is 0 Å². The number of hydrogen-bond acceptors (Lipinski definition) is 3. The Morgan fingerprint density at radius 1 is 1.44 bits per heavy atom. The van der Waals surface area contributed by atoms with Gasteiger partial charge in [0.15, 0.2) is 9.84 Å². The predicted octanol–water partition coefficient (Wildman–Crippen LogP) is 1.51. The third-order valence-electron chi connectivity index (χ3n) is 2.21. The zero-order valence-corrected chi connectivity index (χ0v) is 10.0. The van der Waals surface area contributed by atoms with E-state index in [-0.39, 0.29) is 11.5 Å². The van der Waals surface area contributed by atoms with E-state index in [1.165, 1.54) is 0 Å². The van der Waals surface area contributed by atoms with Gasteiger partial charge in [0.05, 0.1) is 5.75 Å². The van der Waals surface area contributed by atoms with Crippen molar-refractivity contribution in [3.8, 4) is 12.3 Å². The highest BCUT2D eigenvalue weighted by Crippen LogP contribution is 2.09. The van der Waals surface area contributed by atoms with Crippen molar-refractivity contribution in [3.05, 3.63) is 29.8 Å². The average molecular weight is 237 g/mol. The van der Waals surface area contributed by atoms with Crippen LogP contribution >= 0.6 is 0 Å². The summed E-state index contributed by atoms with van der Waals surface area (Å²) in [5, 5.41) is 3.04. The van der Waals surface area contributed by atoms with Gasteiger partial charge in [0.25, 0.3) is 0 Å². The van der Waals surface area contributed by atoms with Crippen LogP contribution < -0.4 is 5.32 Å². The Bertz CT molecular complexity index is 486. The first-order valence-corrected chi connectivity index (χ1v) is 6.90. The average Bonchev–Trinajstić information content (AvgIpc) is 2.29. The molecule has 4 heteroatoms. The monoisotopic (exact) mass is 237 g/mol. The minimum absolute atomic E-state index is 0.143. The van der Waals surface area contributed by atoms with E-state index in [2.05, 4.69) is 11.2 Å². The van der Waals surface area contributed by atoms with Crippen molar-refractivity contribution in [1.82, 2.24) is 0 Å². The third kappa shape index (κ3) is 3.95. The normalized spacial score (nSPS) is 10.8. The number of hydrogen-bond donors (Lipinski definition) is 1. The Kier molecular flexibility index (Phi) is 4.39. The number of benzene rings is 1. The Balaban J connectivity index is 2.53. The molecule has 1 N–H and O–H groups in total. The Morgan fingerprint density at radius 2 is 2.19 bits per heavy atom. The summed E-state index contributed by atoms with van der Waals surface area (Å²) < 4.78 is 22.5. The summed E-state index contributed by atoms with van der Waals surface area (Å²) in [7, 11) is -2.91. The van der Waals surface area contributed by atoms with E-state index in [4.69, 9.17) is 6.42 Å². The van der Waals surface area contributed by atoms with E-state index in [9.17, 15) is 8.42 Å². The molecule has 1 aromatic carbocycles. The molecule has 1 aromatic rings. The first-order chi connectivity index (χ1) is 7.57. The van der Waals surface area contributed by atoms with Crippen LogP contribution in [0.25, 0.3) is 0 Å². The largest absolute Gasteiger partial charge is 0.384 e. The highest BCUT2D eigenvalue weighted by molar-refractivity contribution is 7.91. The number of nitrogens with one attached hydrogen (secondary N) is 1. The van der Waals surface area contributed by atoms with Gasteiger partial charge in [-0.25, -0.2) is 8.42 Å². The minimum atomic E-state index is -2.91. The van der Waals surface area contributed by atoms with Gasteiger partial charge in [-0.1, -0.05) is 18.9 Å². The number of terminal acetylenes is 1. The lowest BCUT2D eigenvalue weighted by atomic mass is 10.2. The van der Waals surface area contributed by atoms with Crippen molar-refractivity contribution < 1.29 is 8.42 Å². The van der Waals surface area contributed by atoms with Crippen molar-refractivity contribution >= 4 is 15.5 Å². The van der Waals surface area contributed by atoms with Gasteiger partial charge in [-0.3, -0.25) is 0 Å². The van der Waals surface area contributed by atoms with Crippen molar-refractivity contribution in [2.75, 3.05) is 23.4 Å². The molecular formula is C12H15NO2S. The minimum Gasteiger partial charge on any atom is -0.384 e. The Labute approximate surface area is 96.8 Å². The molecule has 0 saturated heterocycles. The lowest BCUT2D eigenvalue weighted by Gasteiger charge is -2.06. The summed E-state index contributed by atoms with van der Waals surface area (Å²) in [5.74, 6) is 2.85. The summed E-state index contributed by atoms with van der Waals surface area (Å²) in [6, 6.07) is 7.35. The molecule has 0 spiro atoms. The highest BCUT2D eigenvalue weighted by atomic mass is 32.2. The molecule has 0 aliphatic rings. The summed E-state index contributed by atoms with van der Waals surface area (Å²) in [4.78, 5) is 0. The molecule has 86 valence electrons.